The Morgan fingerprint density at radius 3 is 2.77 bits per heavy atom. The van der Waals surface area contributed by atoms with Crippen molar-refractivity contribution in [2.45, 2.75) is 39.7 Å². The van der Waals surface area contributed by atoms with Crippen LogP contribution >= 0.6 is 0 Å². The molecule has 0 radical (unpaired) electrons. The normalized spacial score (nSPS) is 26.6. The van der Waals surface area contributed by atoms with E-state index in [1.807, 2.05) is 25.7 Å². The van der Waals surface area contributed by atoms with E-state index in [-0.39, 0.29) is 23.3 Å². The lowest BCUT2D eigenvalue weighted by Gasteiger charge is -2.36. The van der Waals surface area contributed by atoms with Crippen molar-refractivity contribution in [2.75, 3.05) is 39.4 Å². The number of nitrogens with zero attached hydrogens (tertiary/aromatic N) is 1. The standard InChI is InChI=1S/C16H29N3O3/c1-16(2,3)15(21)18-9-12-5-4-7-19(10-12)14(20)13-11-22-8-6-17-13/h12-13,17H,4-11H2,1-3H3,(H,18,21). The number of piperidine rings is 1. The second kappa shape index (κ2) is 7.42. The minimum Gasteiger partial charge on any atom is -0.378 e. The van der Waals surface area contributed by atoms with E-state index in [1.54, 1.807) is 0 Å². The number of amides is 2. The van der Waals surface area contributed by atoms with E-state index in [4.69, 9.17) is 4.74 Å². The van der Waals surface area contributed by atoms with Gasteiger partial charge in [0.2, 0.25) is 11.8 Å². The molecule has 0 aromatic rings. The lowest BCUT2D eigenvalue weighted by molar-refractivity contribution is -0.138. The van der Waals surface area contributed by atoms with E-state index in [0.717, 1.165) is 32.5 Å². The van der Waals surface area contributed by atoms with Crippen molar-refractivity contribution in [2.24, 2.45) is 11.3 Å². The molecule has 0 bridgehead atoms. The van der Waals surface area contributed by atoms with Crippen LogP contribution in [0.4, 0.5) is 0 Å². The third-order valence-corrected chi connectivity index (χ3v) is 4.28. The first-order valence-electron chi connectivity index (χ1n) is 8.26. The van der Waals surface area contributed by atoms with Gasteiger partial charge < -0.3 is 20.3 Å². The average molecular weight is 311 g/mol. The topological polar surface area (TPSA) is 70.7 Å². The molecule has 2 amide bonds. The molecule has 0 aliphatic carbocycles. The molecule has 2 fully saturated rings. The number of hydrogen-bond acceptors (Lipinski definition) is 4. The molecular weight excluding hydrogens is 282 g/mol. The number of rotatable bonds is 3. The van der Waals surface area contributed by atoms with Crippen LogP contribution in [-0.4, -0.2) is 62.1 Å². The fraction of sp³-hybridized carbons (Fsp3) is 0.875. The van der Waals surface area contributed by atoms with Gasteiger partial charge in [-0.3, -0.25) is 9.59 Å². The first-order valence-corrected chi connectivity index (χ1v) is 8.26. The van der Waals surface area contributed by atoms with Crippen LogP contribution in [0.1, 0.15) is 33.6 Å². The van der Waals surface area contributed by atoms with Crippen LogP contribution in [-0.2, 0) is 14.3 Å². The summed E-state index contributed by atoms with van der Waals surface area (Å²) in [6.45, 7) is 9.77. The molecule has 22 heavy (non-hydrogen) atoms. The van der Waals surface area contributed by atoms with Crippen molar-refractivity contribution in [1.29, 1.82) is 0 Å². The molecular formula is C16H29N3O3. The van der Waals surface area contributed by atoms with Gasteiger partial charge in [-0.1, -0.05) is 20.8 Å². The van der Waals surface area contributed by atoms with Gasteiger partial charge in [-0.25, -0.2) is 0 Å². The molecule has 2 N–H and O–H groups in total. The summed E-state index contributed by atoms with van der Waals surface area (Å²) < 4.78 is 5.37. The Hall–Kier alpha value is -1.14. The van der Waals surface area contributed by atoms with E-state index in [2.05, 4.69) is 10.6 Å². The molecule has 2 atom stereocenters. The predicted molar refractivity (Wildman–Crippen MR) is 84.4 cm³/mol. The highest BCUT2D eigenvalue weighted by Crippen LogP contribution is 2.18. The Balaban J connectivity index is 1.81. The van der Waals surface area contributed by atoms with Crippen LogP contribution in [0.2, 0.25) is 0 Å². The molecule has 0 aromatic heterocycles. The SMILES string of the molecule is CC(C)(C)C(=O)NCC1CCCN(C(=O)C2COCCN2)C1. The summed E-state index contributed by atoms with van der Waals surface area (Å²) in [6.07, 6.45) is 2.05. The first kappa shape index (κ1) is 17.2. The van der Waals surface area contributed by atoms with Gasteiger partial charge in [0, 0.05) is 31.6 Å². The van der Waals surface area contributed by atoms with E-state index >= 15 is 0 Å². The quantitative estimate of drug-likeness (QED) is 0.790. The Bertz CT molecular complexity index is 400. The van der Waals surface area contributed by atoms with Crippen LogP contribution in [0.5, 0.6) is 0 Å². The smallest absolute Gasteiger partial charge is 0.242 e. The fourth-order valence-electron chi connectivity index (χ4n) is 2.88. The first-order chi connectivity index (χ1) is 10.4. The van der Waals surface area contributed by atoms with Gasteiger partial charge in [-0.05, 0) is 18.8 Å². The highest BCUT2D eigenvalue weighted by molar-refractivity contribution is 5.82. The Kier molecular flexibility index (Phi) is 5.81. The number of morpholine rings is 1. The monoisotopic (exact) mass is 311 g/mol. The molecule has 6 heteroatoms. The molecule has 6 nitrogen and oxygen atoms in total. The largest absolute Gasteiger partial charge is 0.378 e. The lowest BCUT2D eigenvalue weighted by atomic mass is 9.94. The van der Waals surface area contributed by atoms with Gasteiger partial charge >= 0.3 is 0 Å². The van der Waals surface area contributed by atoms with Crippen molar-refractivity contribution >= 4 is 11.8 Å². The molecule has 2 aliphatic heterocycles. The molecule has 2 unspecified atom stereocenters. The third-order valence-electron chi connectivity index (χ3n) is 4.28. The van der Waals surface area contributed by atoms with E-state index in [9.17, 15) is 9.59 Å². The number of likely N-dealkylation sites (tertiary alicyclic amines) is 1. The zero-order valence-corrected chi connectivity index (χ0v) is 14.0. The van der Waals surface area contributed by atoms with Crippen molar-refractivity contribution in [3.8, 4) is 0 Å². The third kappa shape index (κ3) is 4.68. The maximum Gasteiger partial charge on any atom is 0.242 e. The predicted octanol–water partition coefficient (Wildman–Crippen LogP) is 0.376. The molecule has 2 saturated heterocycles. The molecule has 2 rings (SSSR count). The van der Waals surface area contributed by atoms with E-state index < -0.39 is 0 Å². The number of carbonyl (C=O) groups is 2. The van der Waals surface area contributed by atoms with Gasteiger partial charge in [0.05, 0.1) is 13.2 Å². The summed E-state index contributed by atoms with van der Waals surface area (Å²) in [5.41, 5.74) is -0.368. The Morgan fingerprint density at radius 2 is 2.14 bits per heavy atom. The number of nitrogens with one attached hydrogen (secondary N) is 2. The summed E-state index contributed by atoms with van der Waals surface area (Å²) in [7, 11) is 0. The molecule has 0 spiro atoms. The maximum absolute atomic E-state index is 12.5. The summed E-state index contributed by atoms with van der Waals surface area (Å²) >= 11 is 0. The highest BCUT2D eigenvalue weighted by Gasteiger charge is 2.30. The number of carbonyl (C=O) groups excluding carboxylic acids is 2. The van der Waals surface area contributed by atoms with Crippen LogP contribution in [0.15, 0.2) is 0 Å². The number of hydrogen-bond donors (Lipinski definition) is 2. The number of ether oxygens (including phenoxy) is 1. The van der Waals surface area contributed by atoms with Crippen molar-refractivity contribution < 1.29 is 14.3 Å². The Labute approximate surface area is 132 Å². The zero-order chi connectivity index (χ0) is 16.2. The van der Waals surface area contributed by atoms with Crippen molar-refractivity contribution in [3.05, 3.63) is 0 Å². The minimum absolute atomic E-state index is 0.0679. The minimum atomic E-state index is -0.368. The molecule has 0 aromatic carbocycles. The lowest BCUT2D eigenvalue weighted by Crippen LogP contribution is -2.55. The van der Waals surface area contributed by atoms with Crippen LogP contribution in [0, 0.1) is 11.3 Å². The zero-order valence-electron chi connectivity index (χ0n) is 14.0. The molecule has 0 saturated carbocycles. The second-order valence-corrected chi connectivity index (χ2v) is 7.33. The summed E-state index contributed by atoms with van der Waals surface area (Å²) in [5, 5.41) is 6.23. The fourth-order valence-corrected chi connectivity index (χ4v) is 2.88. The van der Waals surface area contributed by atoms with Crippen molar-refractivity contribution in [3.63, 3.8) is 0 Å². The Morgan fingerprint density at radius 1 is 1.36 bits per heavy atom. The van der Waals surface area contributed by atoms with Gasteiger partial charge in [0.15, 0.2) is 0 Å². The molecule has 2 heterocycles. The van der Waals surface area contributed by atoms with E-state index in [0.29, 0.717) is 25.7 Å². The maximum atomic E-state index is 12.5. The van der Waals surface area contributed by atoms with Crippen LogP contribution in [0.3, 0.4) is 0 Å². The summed E-state index contributed by atoms with van der Waals surface area (Å²) in [5.74, 6) is 0.540. The second-order valence-electron chi connectivity index (χ2n) is 7.33. The highest BCUT2D eigenvalue weighted by atomic mass is 16.5. The van der Waals surface area contributed by atoms with E-state index in [1.165, 1.54) is 0 Å². The summed E-state index contributed by atoms with van der Waals surface area (Å²) in [4.78, 5) is 26.4. The summed E-state index contributed by atoms with van der Waals surface area (Å²) in [6, 6.07) is -0.211. The van der Waals surface area contributed by atoms with Gasteiger partial charge in [-0.15, -0.1) is 0 Å². The molecule has 2 aliphatic rings. The van der Waals surface area contributed by atoms with Gasteiger partial charge in [-0.2, -0.15) is 0 Å². The van der Waals surface area contributed by atoms with Gasteiger partial charge in [0.1, 0.15) is 6.04 Å². The van der Waals surface area contributed by atoms with Crippen LogP contribution < -0.4 is 10.6 Å². The van der Waals surface area contributed by atoms with Gasteiger partial charge in [0.25, 0.3) is 0 Å². The van der Waals surface area contributed by atoms with Crippen molar-refractivity contribution in [1.82, 2.24) is 15.5 Å². The molecule has 126 valence electrons. The van der Waals surface area contributed by atoms with Crippen LogP contribution in [0.25, 0.3) is 0 Å². The average Bonchev–Trinajstić information content (AvgIpc) is 2.52.